The van der Waals surface area contributed by atoms with E-state index in [1.54, 1.807) is 17.5 Å². The third-order valence-corrected chi connectivity index (χ3v) is 5.88. The maximum atomic E-state index is 13.0. The zero-order chi connectivity index (χ0) is 17.2. The summed E-state index contributed by atoms with van der Waals surface area (Å²) in [5.41, 5.74) is 1.34. The van der Waals surface area contributed by atoms with E-state index in [0.29, 0.717) is 11.7 Å². The first-order valence-corrected chi connectivity index (χ1v) is 9.81. The number of carbonyl (C=O) groups excluding carboxylic acids is 1. The molecule has 2 fully saturated rings. The second-order valence-corrected chi connectivity index (χ2v) is 7.82. The lowest BCUT2D eigenvalue weighted by Gasteiger charge is -2.32. The fourth-order valence-corrected chi connectivity index (χ4v) is 4.00. The van der Waals surface area contributed by atoms with E-state index in [1.807, 2.05) is 4.90 Å². The summed E-state index contributed by atoms with van der Waals surface area (Å²) in [6.07, 6.45) is 4.75. The van der Waals surface area contributed by atoms with E-state index >= 15 is 0 Å². The van der Waals surface area contributed by atoms with Crippen molar-refractivity contribution in [1.82, 2.24) is 15.2 Å². The molecule has 1 aliphatic carbocycles. The molecule has 25 heavy (non-hydrogen) atoms. The fraction of sp³-hybridized carbons (Fsp3) is 0.474. The Morgan fingerprint density at radius 2 is 1.92 bits per heavy atom. The van der Waals surface area contributed by atoms with Crippen LogP contribution in [0.25, 0.3) is 10.6 Å². The van der Waals surface area contributed by atoms with E-state index < -0.39 is 0 Å². The zero-order valence-electron chi connectivity index (χ0n) is 14.1. The van der Waals surface area contributed by atoms with E-state index in [4.69, 9.17) is 0 Å². The van der Waals surface area contributed by atoms with E-state index in [0.717, 1.165) is 49.0 Å². The van der Waals surface area contributed by atoms with Crippen molar-refractivity contribution in [3.8, 4) is 10.6 Å². The quantitative estimate of drug-likeness (QED) is 0.888. The number of nitrogens with one attached hydrogen (secondary N) is 1. The SMILES string of the molecule is O=C(c1csc(-c2ccc(F)cc2)n1)N1CCC(NCC2CC2)CC1. The van der Waals surface area contributed by atoms with E-state index in [-0.39, 0.29) is 11.7 Å². The molecule has 1 N–H and O–H groups in total. The number of likely N-dealkylation sites (tertiary alicyclic amines) is 1. The Morgan fingerprint density at radius 1 is 1.20 bits per heavy atom. The van der Waals surface area contributed by atoms with Crippen molar-refractivity contribution in [1.29, 1.82) is 0 Å². The smallest absolute Gasteiger partial charge is 0.273 e. The van der Waals surface area contributed by atoms with Crippen LogP contribution in [-0.4, -0.2) is 41.5 Å². The number of thiazole rings is 1. The molecule has 6 heteroatoms. The molecule has 1 saturated carbocycles. The van der Waals surface area contributed by atoms with Crippen molar-refractivity contribution in [2.24, 2.45) is 5.92 Å². The monoisotopic (exact) mass is 359 g/mol. The first-order chi connectivity index (χ1) is 12.2. The molecular weight excluding hydrogens is 337 g/mol. The van der Waals surface area contributed by atoms with E-state index in [1.165, 1.54) is 36.3 Å². The van der Waals surface area contributed by atoms with Crippen molar-refractivity contribution in [3.63, 3.8) is 0 Å². The number of rotatable bonds is 5. The van der Waals surface area contributed by atoms with Gasteiger partial charge in [0.2, 0.25) is 0 Å². The van der Waals surface area contributed by atoms with Crippen LogP contribution in [0.1, 0.15) is 36.2 Å². The first kappa shape index (κ1) is 16.7. The highest BCUT2D eigenvalue weighted by Gasteiger charge is 2.27. The first-order valence-electron chi connectivity index (χ1n) is 8.93. The Labute approximate surface area is 151 Å². The highest BCUT2D eigenvalue weighted by molar-refractivity contribution is 7.13. The van der Waals surface area contributed by atoms with Crippen LogP contribution < -0.4 is 5.32 Å². The maximum absolute atomic E-state index is 13.0. The van der Waals surface area contributed by atoms with Gasteiger partial charge in [-0.15, -0.1) is 11.3 Å². The average molecular weight is 359 g/mol. The van der Waals surface area contributed by atoms with Crippen molar-refractivity contribution in [2.75, 3.05) is 19.6 Å². The Balaban J connectivity index is 1.34. The van der Waals surface area contributed by atoms with Crippen LogP contribution >= 0.6 is 11.3 Å². The van der Waals surface area contributed by atoms with Crippen molar-refractivity contribution in [3.05, 3.63) is 41.2 Å². The predicted molar refractivity (Wildman–Crippen MR) is 97.2 cm³/mol. The number of hydrogen-bond acceptors (Lipinski definition) is 4. The summed E-state index contributed by atoms with van der Waals surface area (Å²) in [5.74, 6) is 0.625. The van der Waals surface area contributed by atoms with E-state index in [2.05, 4.69) is 10.3 Å². The molecule has 2 heterocycles. The minimum atomic E-state index is -0.269. The van der Waals surface area contributed by atoms with Gasteiger partial charge in [0.1, 0.15) is 16.5 Å². The second kappa shape index (κ2) is 7.22. The summed E-state index contributed by atoms with van der Waals surface area (Å²) in [7, 11) is 0. The van der Waals surface area contributed by atoms with Gasteiger partial charge in [0.05, 0.1) is 0 Å². The highest BCUT2D eigenvalue weighted by Crippen LogP contribution is 2.28. The molecule has 1 saturated heterocycles. The Kier molecular flexibility index (Phi) is 4.81. The third kappa shape index (κ3) is 4.07. The predicted octanol–water partition coefficient (Wildman–Crippen LogP) is 3.55. The van der Waals surface area contributed by atoms with Crippen LogP contribution in [0.4, 0.5) is 4.39 Å². The third-order valence-electron chi connectivity index (χ3n) is 4.99. The molecule has 132 valence electrons. The van der Waals surface area contributed by atoms with Gasteiger partial charge >= 0.3 is 0 Å². The molecule has 1 amide bonds. The van der Waals surface area contributed by atoms with Crippen LogP contribution in [0.15, 0.2) is 29.6 Å². The molecule has 2 aliphatic rings. The Hall–Kier alpha value is -1.79. The summed E-state index contributed by atoms with van der Waals surface area (Å²) in [6, 6.07) is 6.75. The Morgan fingerprint density at radius 3 is 2.60 bits per heavy atom. The zero-order valence-corrected chi connectivity index (χ0v) is 14.9. The van der Waals surface area contributed by atoms with Gasteiger partial charge in [-0.2, -0.15) is 0 Å². The topological polar surface area (TPSA) is 45.2 Å². The molecule has 0 radical (unpaired) electrons. The minimum Gasteiger partial charge on any atom is -0.337 e. The highest BCUT2D eigenvalue weighted by atomic mass is 32.1. The lowest BCUT2D eigenvalue weighted by atomic mass is 10.0. The molecule has 2 aromatic rings. The standard InChI is InChI=1S/C19H22FN3OS/c20-15-5-3-14(4-6-15)18-22-17(12-25-18)19(24)23-9-7-16(8-10-23)21-11-13-1-2-13/h3-6,12-13,16,21H,1-2,7-11H2. The molecular formula is C19H22FN3OS. The largest absolute Gasteiger partial charge is 0.337 e. The van der Waals surface area contributed by atoms with Gasteiger partial charge in [0, 0.05) is 30.1 Å². The van der Waals surface area contributed by atoms with E-state index in [9.17, 15) is 9.18 Å². The average Bonchev–Trinajstić information content (AvgIpc) is 3.35. The Bertz CT molecular complexity index is 733. The molecule has 4 rings (SSSR count). The minimum absolute atomic E-state index is 0.00487. The van der Waals surface area contributed by atoms with Gasteiger partial charge < -0.3 is 10.2 Å². The van der Waals surface area contributed by atoms with Crippen molar-refractivity contribution < 1.29 is 9.18 Å². The number of carbonyl (C=O) groups is 1. The molecule has 4 nitrogen and oxygen atoms in total. The van der Waals surface area contributed by atoms with Crippen molar-refractivity contribution >= 4 is 17.2 Å². The molecule has 0 bridgehead atoms. The number of hydrogen-bond donors (Lipinski definition) is 1. The van der Waals surface area contributed by atoms with Gasteiger partial charge in [0.15, 0.2) is 0 Å². The normalized spacial score (nSPS) is 18.5. The van der Waals surface area contributed by atoms with Crippen LogP contribution in [0.5, 0.6) is 0 Å². The van der Waals surface area contributed by atoms with Crippen LogP contribution in [0.3, 0.4) is 0 Å². The van der Waals surface area contributed by atoms with Gasteiger partial charge in [-0.05, 0) is 62.4 Å². The van der Waals surface area contributed by atoms with Gasteiger partial charge in [-0.1, -0.05) is 0 Å². The van der Waals surface area contributed by atoms with Gasteiger partial charge in [0.25, 0.3) is 5.91 Å². The molecule has 1 aromatic heterocycles. The fourth-order valence-electron chi connectivity index (χ4n) is 3.20. The van der Waals surface area contributed by atoms with Crippen LogP contribution in [0, 0.1) is 11.7 Å². The molecule has 1 aromatic carbocycles. The van der Waals surface area contributed by atoms with Crippen LogP contribution in [0.2, 0.25) is 0 Å². The molecule has 0 spiro atoms. The lowest BCUT2D eigenvalue weighted by molar-refractivity contribution is 0.0700. The van der Waals surface area contributed by atoms with Gasteiger partial charge in [-0.3, -0.25) is 4.79 Å². The maximum Gasteiger partial charge on any atom is 0.273 e. The lowest BCUT2D eigenvalue weighted by Crippen LogP contribution is -2.45. The summed E-state index contributed by atoms with van der Waals surface area (Å²) >= 11 is 1.43. The summed E-state index contributed by atoms with van der Waals surface area (Å²) < 4.78 is 13.0. The summed E-state index contributed by atoms with van der Waals surface area (Å²) in [6.45, 7) is 2.70. The molecule has 0 atom stereocenters. The number of aromatic nitrogens is 1. The number of amides is 1. The molecule has 1 aliphatic heterocycles. The number of halogens is 1. The number of piperidine rings is 1. The van der Waals surface area contributed by atoms with Crippen molar-refractivity contribution in [2.45, 2.75) is 31.7 Å². The number of benzene rings is 1. The van der Waals surface area contributed by atoms with Gasteiger partial charge in [-0.25, -0.2) is 9.37 Å². The summed E-state index contributed by atoms with van der Waals surface area (Å²) in [4.78, 5) is 19.0. The summed E-state index contributed by atoms with van der Waals surface area (Å²) in [5, 5.41) is 6.19. The molecule has 0 unspecified atom stereocenters. The number of nitrogens with zero attached hydrogens (tertiary/aromatic N) is 2. The van der Waals surface area contributed by atoms with Crippen LogP contribution in [-0.2, 0) is 0 Å². The second-order valence-electron chi connectivity index (χ2n) is 6.96.